The third kappa shape index (κ3) is 6.96. The molecule has 22 heavy (non-hydrogen) atoms. The minimum absolute atomic E-state index is 0.0507. The largest absolute Gasteiger partial charge is 0.451 e. The molecule has 1 aromatic rings. The molecular weight excluding hydrogens is 287 g/mol. The zero-order valence-corrected chi connectivity index (χ0v) is 13.0. The molecule has 1 rings (SSSR count). The molecule has 9 nitrogen and oxygen atoms in total. The zero-order chi connectivity index (χ0) is 16.4. The molecule has 10 heteroatoms. The Balaban J connectivity index is 2.41. The predicted molar refractivity (Wildman–Crippen MR) is 81.5 cm³/mol. The molecule has 1 atom stereocenters. The highest BCUT2D eigenvalue weighted by Crippen LogP contribution is 2.14. The Bertz CT molecular complexity index is 442. The van der Waals surface area contributed by atoms with Crippen LogP contribution in [0, 0.1) is 0 Å². The van der Waals surface area contributed by atoms with Crippen LogP contribution in [-0.4, -0.2) is 49.8 Å². The van der Waals surface area contributed by atoms with Gasteiger partial charge in [0.1, 0.15) is 6.54 Å². The number of nitrogens with two attached hydrogens (primary N) is 1. The zero-order valence-electron chi connectivity index (χ0n) is 13.0. The number of nitrogens with one attached hydrogen (secondary N) is 1. The van der Waals surface area contributed by atoms with Gasteiger partial charge in [0, 0.05) is 6.54 Å². The van der Waals surface area contributed by atoms with Crippen LogP contribution in [0.25, 0.3) is 0 Å². The topological polar surface area (TPSA) is 139 Å². The van der Waals surface area contributed by atoms with Crippen molar-refractivity contribution in [3.63, 3.8) is 0 Å². The summed E-state index contributed by atoms with van der Waals surface area (Å²) in [7, 11) is -1.28. The number of aromatic nitrogens is 4. The highest BCUT2D eigenvalue weighted by atomic mass is 16.4. The van der Waals surface area contributed by atoms with Crippen molar-refractivity contribution in [2.75, 3.05) is 6.54 Å². The first kappa shape index (κ1) is 18.5. The first-order valence-corrected chi connectivity index (χ1v) is 7.69. The second-order valence-electron chi connectivity index (χ2n) is 5.27. The lowest BCUT2D eigenvalue weighted by molar-refractivity contribution is -0.121. The van der Waals surface area contributed by atoms with E-state index in [4.69, 9.17) is 15.8 Å². The fourth-order valence-electron chi connectivity index (χ4n) is 2.01. The van der Waals surface area contributed by atoms with E-state index in [0.717, 1.165) is 19.3 Å². The molecule has 0 bridgehead atoms. The van der Waals surface area contributed by atoms with Gasteiger partial charge in [-0.05, 0) is 29.6 Å². The van der Waals surface area contributed by atoms with Gasteiger partial charge < -0.3 is 21.1 Å². The molecule has 0 aliphatic carbocycles. The van der Waals surface area contributed by atoms with Crippen molar-refractivity contribution in [3.8, 4) is 0 Å². The molecule has 0 saturated carbocycles. The van der Waals surface area contributed by atoms with Crippen LogP contribution in [0.5, 0.6) is 0 Å². The van der Waals surface area contributed by atoms with Gasteiger partial charge in [-0.1, -0.05) is 26.2 Å². The van der Waals surface area contributed by atoms with Gasteiger partial charge in [0.25, 0.3) is 0 Å². The molecule has 0 spiro atoms. The van der Waals surface area contributed by atoms with Gasteiger partial charge in [0.15, 0.2) is 5.82 Å². The van der Waals surface area contributed by atoms with Crippen LogP contribution in [0.15, 0.2) is 0 Å². The first-order valence-electron chi connectivity index (χ1n) is 7.69. The number of tetrazole rings is 1. The molecule has 0 aromatic carbocycles. The lowest BCUT2D eigenvalue weighted by atomic mass is 9.83. The third-order valence-electron chi connectivity index (χ3n) is 3.26. The number of rotatable bonds is 11. The van der Waals surface area contributed by atoms with Crippen LogP contribution >= 0.6 is 0 Å². The van der Waals surface area contributed by atoms with E-state index in [1.165, 1.54) is 4.68 Å². The highest BCUT2D eigenvalue weighted by Gasteiger charge is 2.17. The molecule has 1 amide bonds. The molecule has 0 fully saturated rings. The van der Waals surface area contributed by atoms with Crippen molar-refractivity contribution in [1.29, 1.82) is 0 Å². The van der Waals surface area contributed by atoms with Crippen molar-refractivity contribution in [2.45, 2.75) is 57.9 Å². The third-order valence-corrected chi connectivity index (χ3v) is 3.26. The molecule has 1 unspecified atom stereocenters. The van der Waals surface area contributed by atoms with Gasteiger partial charge >= 0.3 is 7.12 Å². The predicted octanol–water partition coefficient (Wildman–Crippen LogP) is -0.768. The molecule has 0 radical (unpaired) electrons. The minimum atomic E-state index is -1.28. The SMILES string of the molecule is CCCCNC(=O)Cn1nnnc1C(N)CCCCB(O)O. The van der Waals surface area contributed by atoms with E-state index in [1.807, 2.05) is 0 Å². The number of nitrogens with zero attached hydrogens (tertiary/aromatic N) is 4. The van der Waals surface area contributed by atoms with E-state index in [-0.39, 0.29) is 18.5 Å². The van der Waals surface area contributed by atoms with Crippen molar-refractivity contribution in [2.24, 2.45) is 5.73 Å². The van der Waals surface area contributed by atoms with Crippen molar-refractivity contribution >= 4 is 13.0 Å². The van der Waals surface area contributed by atoms with Gasteiger partial charge in [0.05, 0.1) is 6.04 Å². The van der Waals surface area contributed by atoms with Crippen LogP contribution in [0.3, 0.4) is 0 Å². The van der Waals surface area contributed by atoms with E-state index in [1.54, 1.807) is 0 Å². The number of carbonyl (C=O) groups is 1. The Kier molecular flexibility index (Phi) is 8.64. The Hall–Kier alpha value is -1.52. The second kappa shape index (κ2) is 10.3. The van der Waals surface area contributed by atoms with E-state index >= 15 is 0 Å². The van der Waals surface area contributed by atoms with Gasteiger partial charge in [-0.15, -0.1) is 5.10 Å². The van der Waals surface area contributed by atoms with Crippen LogP contribution < -0.4 is 11.1 Å². The summed E-state index contributed by atoms with van der Waals surface area (Å²) in [6, 6.07) is -0.380. The van der Waals surface area contributed by atoms with Crippen LogP contribution in [0.2, 0.25) is 6.32 Å². The van der Waals surface area contributed by atoms with E-state index in [9.17, 15) is 4.79 Å². The average molecular weight is 312 g/mol. The fourth-order valence-corrected chi connectivity index (χ4v) is 2.01. The second-order valence-corrected chi connectivity index (χ2v) is 5.27. The summed E-state index contributed by atoms with van der Waals surface area (Å²) >= 11 is 0. The number of unbranched alkanes of at least 4 members (excludes halogenated alkanes) is 2. The van der Waals surface area contributed by atoms with Crippen LogP contribution in [0.1, 0.15) is 50.9 Å². The quantitative estimate of drug-likeness (QED) is 0.311. The monoisotopic (exact) mass is 312 g/mol. The maximum Gasteiger partial charge on any atom is 0.451 e. The number of amides is 1. The molecular formula is C12H25BN6O3. The van der Waals surface area contributed by atoms with Crippen LogP contribution in [0.4, 0.5) is 0 Å². The summed E-state index contributed by atoms with van der Waals surface area (Å²) in [5.41, 5.74) is 6.03. The Morgan fingerprint density at radius 2 is 2.18 bits per heavy atom. The summed E-state index contributed by atoms with van der Waals surface area (Å²) in [5, 5.41) is 31.6. The Morgan fingerprint density at radius 1 is 1.41 bits per heavy atom. The normalized spacial score (nSPS) is 12.2. The van der Waals surface area contributed by atoms with Gasteiger partial charge in [-0.25, -0.2) is 4.68 Å². The van der Waals surface area contributed by atoms with Crippen molar-refractivity contribution in [1.82, 2.24) is 25.5 Å². The molecule has 0 aliphatic rings. The molecule has 124 valence electrons. The molecule has 1 aromatic heterocycles. The summed E-state index contributed by atoms with van der Waals surface area (Å²) in [5.74, 6) is 0.327. The minimum Gasteiger partial charge on any atom is -0.427 e. The van der Waals surface area contributed by atoms with Gasteiger partial charge in [0.2, 0.25) is 5.91 Å². The van der Waals surface area contributed by atoms with Gasteiger partial charge in [-0.2, -0.15) is 0 Å². The Labute approximate surface area is 130 Å². The highest BCUT2D eigenvalue weighted by molar-refractivity contribution is 6.40. The van der Waals surface area contributed by atoms with E-state index < -0.39 is 7.12 Å². The van der Waals surface area contributed by atoms with E-state index in [0.29, 0.717) is 31.5 Å². The fraction of sp³-hybridized carbons (Fsp3) is 0.833. The lowest BCUT2D eigenvalue weighted by Crippen LogP contribution is -2.30. The summed E-state index contributed by atoms with van der Waals surface area (Å²) in [6.45, 7) is 2.75. The number of hydrogen-bond donors (Lipinski definition) is 4. The average Bonchev–Trinajstić information content (AvgIpc) is 2.91. The molecule has 5 N–H and O–H groups in total. The summed E-state index contributed by atoms with van der Waals surface area (Å²) in [4.78, 5) is 11.8. The maximum absolute atomic E-state index is 11.8. The van der Waals surface area contributed by atoms with E-state index in [2.05, 4.69) is 27.8 Å². The van der Waals surface area contributed by atoms with Gasteiger partial charge in [-0.3, -0.25) is 4.79 Å². The summed E-state index contributed by atoms with van der Waals surface area (Å²) < 4.78 is 1.41. The standard InChI is InChI=1S/C12H25BN6O3/c1-2-3-8-15-11(20)9-19-12(16-17-18-19)10(14)6-4-5-7-13(21)22/h10,21-22H,2-9,14H2,1H3,(H,15,20). The van der Waals surface area contributed by atoms with Crippen molar-refractivity contribution < 1.29 is 14.8 Å². The lowest BCUT2D eigenvalue weighted by Gasteiger charge is -2.11. The molecule has 1 heterocycles. The van der Waals surface area contributed by atoms with Crippen LogP contribution in [-0.2, 0) is 11.3 Å². The number of carbonyl (C=O) groups excluding carboxylic acids is 1. The smallest absolute Gasteiger partial charge is 0.427 e. The number of hydrogen-bond acceptors (Lipinski definition) is 7. The molecule has 0 saturated heterocycles. The maximum atomic E-state index is 11.8. The van der Waals surface area contributed by atoms with Crippen molar-refractivity contribution in [3.05, 3.63) is 5.82 Å². The summed E-state index contributed by atoms with van der Waals surface area (Å²) in [6.07, 6.45) is 4.27. The Morgan fingerprint density at radius 3 is 2.86 bits per heavy atom. The first-order chi connectivity index (χ1) is 10.5. The molecule has 0 aliphatic heterocycles.